The molecule has 11 rings (SSSR count). The summed E-state index contributed by atoms with van der Waals surface area (Å²) in [7, 11) is 3.35. The average Bonchev–Trinajstić information content (AvgIpc) is 0.817. The van der Waals surface area contributed by atoms with Crippen molar-refractivity contribution in [1.82, 2.24) is 61.0 Å². The number of halogens is 5. The van der Waals surface area contributed by atoms with E-state index in [2.05, 4.69) is 171 Å². The van der Waals surface area contributed by atoms with Gasteiger partial charge < -0.3 is 56.8 Å². The SMILES string of the molecule is C.COC(=O)c1cc(Br)ccc1N.COC(=O)c1cc(Br)ccc1NC(=O)c1ccnnc1.C[O-].NC(=O)c1cc(Br)ccc1NC(=O)c1ccnnc1.O=C(Nc1ccc(Br)cc1C(=O)O)c1ccnnc1.O=COc1ccnnc1.O=c1[nH]c(-c2ccnnc2)nc2ccc(Br)cc12.[Na+]. The fraction of sp³-hybridized carbons (Fsp3) is 0.0625. The number of fused-ring (bicyclic) bond motifs is 1. The summed E-state index contributed by atoms with van der Waals surface area (Å²) in [5, 5.41) is 61.6. The third kappa shape index (κ3) is 27.7. The number of nitrogens with one attached hydrogen (secondary N) is 4. The van der Waals surface area contributed by atoms with Crippen molar-refractivity contribution in [2.45, 2.75) is 7.43 Å². The van der Waals surface area contributed by atoms with Crippen molar-refractivity contribution in [3.8, 4) is 17.1 Å². The van der Waals surface area contributed by atoms with Crippen molar-refractivity contribution in [2.75, 3.05) is 43.0 Å². The Morgan fingerprint density at radius 1 is 0.505 bits per heavy atom. The Hall–Kier alpha value is -10.4. The topological polar surface area (TPSA) is 470 Å². The van der Waals surface area contributed by atoms with E-state index in [-0.39, 0.29) is 76.7 Å². The molecule has 37 heteroatoms. The van der Waals surface area contributed by atoms with Gasteiger partial charge in [-0.3, -0.25) is 28.8 Å². The van der Waals surface area contributed by atoms with E-state index in [4.69, 9.17) is 21.7 Å². The summed E-state index contributed by atoms with van der Waals surface area (Å²) in [5.41, 5.74) is 15.2. The molecule has 0 fully saturated rings. The molecular formula is C64H53Br5N17NaO14. The summed E-state index contributed by atoms with van der Waals surface area (Å²) in [6, 6.07) is 32.6. The molecule has 101 heavy (non-hydrogen) atoms. The second kappa shape index (κ2) is 44.6. The van der Waals surface area contributed by atoms with Gasteiger partial charge in [-0.2, -0.15) is 58.1 Å². The summed E-state index contributed by atoms with van der Waals surface area (Å²) in [5.74, 6) is -3.02. The zero-order valence-corrected chi connectivity index (χ0v) is 62.0. The molecule has 9 N–H and O–H groups in total. The van der Waals surface area contributed by atoms with Crippen molar-refractivity contribution >= 4 is 161 Å². The number of aromatic amines is 1. The van der Waals surface area contributed by atoms with E-state index in [9.17, 15) is 43.2 Å². The maximum absolute atomic E-state index is 12.0. The van der Waals surface area contributed by atoms with E-state index in [1.165, 1.54) is 94.1 Å². The van der Waals surface area contributed by atoms with Crippen LogP contribution in [0, 0.1) is 0 Å². The van der Waals surface area contributed by atoms with Crippen molar-refractivity contribution in [3.63, 3.8) is 0 Å². The van der Waals surface area contributed by atoms with Gasteiger partial charge in [-0.1, -0.05) is 87.1 Å². The van der Waals surface area contributed by atoms with E-state index >= 15 is 0 Å². The molecule has 0 aliphatic carbocycles. The van der Waals surface area contributed by atoms with Crippen LogP contribution in [0.4, 0.5) is 22.7 Å². The van der Waals surface area contributed by atoms with Gasteiger partial charge in [-0.05, 0) is 115 Å². The number of amides is 4. The quantitative estimate of drug-likeness (QED) is 0.0275. The van der Waals surface area contributed by atoms with Crippen LogP contribution in [0.3, 0.4) is 0 Å². The van der Waals surface area contributed by atoms with Gasteiger partial charge in [0.25, 0.3) is 35.7 Å². The molecule has 0 spiro atoms. The summed E-state index contributed by atoms with van der Waals surface area (Å²) in [6.45, 7) is 0.344. The Balaban J connectivity index is 0.000000317. The van der Waals surface area contributed by atoms with Gasteiger partial charge in [0.15, 0.2) is 5.75 Å². The smallest absolute Gasteiger partial charge is 0.857 e. The van der Waals surface area contributed by atoms with E-state index in [0.717, 1.165) is 21.6 Å². The van der Waals surface area contributed by atoms with Crippen LogP contribution >= 0.6 is 79.6 Å². The Morgan fingerprint density at radius 3 is 1.31 bits per heavy atom. The molecule has 31 nitrogen and oxygen atoms in total. The molecule has 0 aliphatic heterocycles. The van der Waals surface area contributed by atoms with E-state index in [0.29, 0.717) is 81.7 Å². The first kappa shape index (κ1) is 84.8. The third-order valence-electron chi connectivity index (χ3n) is 11.8. The van der Waals surface area contributed by atoms with Crippen molar-refractivity contribution in [1.29, 1.82) is 0 Å². The molecule has 6 aromatic heterocycles. The molecule has 0 atom stereocenters. The summed E-state index contributed by atoms with van der Waals surface area (Å²) in [4.78, 5) is 110. The van der Waals surface area contributed by atoms with Crippen molar-refractivity contribution in [3.05, 3.63) is 255 Å². The Labute approximate surface area is 637 Å². The van der Waals surface area contributed by atoms with Crippen LogP contribution in [0.5, 0.6) is 5.75 Å². The molecule has 0 radical (unpaired) electrons. The van der Waals surface area contributed by atoms with Crippen LogP contribution in [-0.2, 0) is 14.3 Å². The van der Waals surface area contributed by atoms with Gasteiger partial charge in [-0.15, -0.1) is 0 Å². The first-order chi connectivity index (χ1) is 47.6. The number of benzene rings is 5. The number of esters is 2. The molecule has 0 bridgehead atoms. The van der Waals surface area contributed by atoms with Crippen LogP contribution in [0.15, 0.2) is 210 Å². The van der Waals surface area contributed by atoms with E-state index < -0.39 is 29.7 Å². The standard InChI is InChI=1S/C13H10BrN3O3.C12H9BrN4O2.C12H7BrN4O.C12H8BrN3O3.C8H8BrNO2.C5H4N2O2.CH3O.CH4.Na/c1-20-13(19)10-6-9(14)2-3-11(10)17-12(18)8-4-5-15-16-7-8;13-8-1-2-10(9(5-8)11(14)18)17-12(19)7-3-4-15-16-6-7;13-8-1-2-10-9(5-8)12(18)17-11(16-10)7-3-4-14-15-6-7;13-8-1-2-10(9(5-8)12(18)19)16-11(17)7-3-4-14-15-6-7;1-12-8(11)6-4-5(9)2-3-7(6)10;8-4-9-5-1-2-6-7-3-5;1-2;;/h2-7H,1H3,(H,17,18);1-6H,(H2,14,18)(H,17,19);1-6H,(H,16,17,18);1-6H,(H,16,17)(H,18,19);2-4H,10H2,1H3;1-4H;1H3;1H4;/q;;;;;;-1;;+1. The van der Waals surface area contributed by atoms with Gasteiger partial charge in [0, 0.05) is 39.7 Å². The predicted octanol–water partition coefficient (Wildman–Crippen LogP) is 6.65. The number of carbonyl (C=O) groups excluding carboxylic acids is 7. The number of anilines is 4. The average molecular weight is 1710 g/mol. The first-order valence-corrected chi connectivity index (χ1v) is 31.2. The van der Waals surface area contributed by atoms with Gasteiger partial charge in [0.05, 0.1) is 143 Å². The van der Waals surface area contributed by atoms with Crippen LogP contribution in [0.1, 0.15) is 79.9 Å². The number of nitrogens with two attached hydrogens (primary N) is 2. The number of hydrogen-bond acceptors (Lipinski definition) is 25. The number of H-pyrrole nitrogens is 1. The largest absolute Gasteiger partial charge is 1.00 e. The number of aromatic carboxylic acids is 1. The Morgan fingerprint density at radius 2 is 0.891 bits per heavy atom. The summed E-state index contributed by atoms with van der Waals surface area (Å²) < 4.78 is 17.3. The molecule has 0 saturated carbocycles. The molecule has 514 valence electrons. The minimum atomic E-state index is -1.12. The maximum Gasteiger partial charge on any atom is 1.00 e. The Bertz CT molecular complexity index is 4540. The number of rotatable bonds is 13. The summed E-state index contributed by atoms with van der Waals surface area (Å²) >= 11 is 16.2. The monoisotopic (exact) mass is 1700 g/mol. The van der Waals surface area contributed by atoms with Gasteiger partial charge in [0.1, 0.15) is 5.82 Å². The van der Waals surface area contributed by atoms with E-state index in [1.54, 1.807) is 97.3 Å². The van der Waals surface area contributed by atoms with Crippen molar-refractivity contribution in [2.24, 2.45) is 5.73 Å². The van der Waals surface area contributed by atoms with Crippen LogP contribution in [0.2, 0.25) is 0 Å². The number of carbonyl (C=O) groups is 8. The third-order valence-corrected chi connectivity index (χ3v) is 14.3. The molecule has 0 unspecified atom stereocenters. The Kier molecular flexibility index (Phi) is 37.4. The number of methoxy groups -OCH3 is 2. The van der Waals surface area contributed by atoms with Crippen LogP contribution in [-0.4, -0.2) is 135 Å². The number of nitrogen functional groups attached to an aromatic ring is 1. The van der Waals surface area contributed by atoms with Crippen LogP contribution < -0.4 is 72.4 Å². The number of ether oxygens (including phenoxy) is 3. The molecule has 5 aromatic carbocycles. The number of aromatic nitrogens is 12. The zero-order valence-electron chi connectivity index (χ0n) is 52.1. The van der Waals surface area contributed by atoms with Gasteiger partial charge in [-0.25, -0.2) is 19.4 Å². The number of nitrogens with zero attached hydrogens (tertiary/aromatic N) is 11. The van der Waals surface area contributed by atoms with Gasteiger partial charge in [0.2, 0.25) is 0 Å². The predicted molar refractivity (Wildman–Crippen MR) is 382 cm³/mol. The molecule has 11 aromatic rings. The minimum Gasteiger partial charge on any atom is -0.857 e. The minimum absolute atomic E-state index is 0. The van der Waals surface area contributed by atoms with Crippen LogP contribution in [0.25, 0.3) is 22.3 Å². The zero-order chi connectivity index (χ0) is 72.4. The van der Waals surface area contributed by atoms with Gasteiger partial charge >= 0.3 is 47.5 Å². The molecular weight excluding hydrogens is 1650 g/mol. The fourth-order valence-electron chi connectivity index (χ4n) is 7.29. The number of carboxylic acids is 1. The second-order valence-corrected chi connectivity index (χ2v) is 22.8. The van der Waals surface area contributed by atoms with Crippen molar-refractivity contribution < 1.29 is 92.3 Å². The fourth-order valence-corrected chi connectivity index (χ4v) is 9.10. The molecule has 0 aliphatic rings. The summed E-state index contributed by atoms with van der Waals surface area (Å²) in [6.07, 6.45) is 14.1. The first-order valence-electron chi connectivity index (χ1n) is 27.2. The normalized spacial score (nSPS) is 9.55. The second-order valence-electron chi connectivity index (χ2n) is 18.2. The molecule has 4 amide bonds. The maximum atomic E-state index is 12.0. The van der Waals surface area contributed by atoms with E-state index in [1.807, 2.05) is 6.07 Å². The number of carboxylic acid groups (broad SMARTS) is 1. The number of primary amides is 1. The molecule has 6 heterocycles. The molecule has 0 saturated heterocycles. The number of hydrogen-bond donors (Lipinski definition) is 7.